The van der Waals surface area contributed by atoms with Crippen LogP contribution in [0, 0.1) is 0 Å². The van der Waals surface area contributed by atoms with Gasteiger partial charge in [-0.1, -0.05) is 30.3 Å². The summed E-state index contributed by atoms with van der Waals surface area (Å²) in [7, 11) is 0. The average Bonchev–Trinajstić information content (AvgIpc) is 2.46. The van der Waals surface area contributed by atoms with Gasteiger partial charge in [0, 0.05) is 23.5 Å². The summed E-state index contributed by atoms with van der Waals surface area (Å²) in [6.45, 7) is 0. The van der Waals surface area contributed by atoms with Gasteiger partial charge in [0.1, 0.15) is 0 Å². The molecule has 3 rings (SSSR count). The highest BCUT2D eigenvalue weighted by molar-refractivity contribution is 6.17. The van der Waals surface area contributed by atoms with Gasteiger partial charge in [-0.25, -0.2) is 0 Å². The summed E-state index contributed by atoms with van der Waals surface area (Å²) in [5, 5.41) is 2.14. The lowest BCUT2D eigenvalue weighted by atomic mass is 10.1. The molecule has 0 fully saturated rings. The van der Waals surface area contributed by atoms with Crippen LogP contribution in [0.5, 0.6) is 0 Å². The number of hydrogen-bond acceptors (Lipinski definition) is 1. The first-order valence-corrected chi connectivity index (χ1v) is 6.59. The third-order valence-electron chi connectivity index (χ3n) is 3.16. The fraction of sp³-hybridized carbons (Fsp3) is 0.0625. The fourth-order valence-electron chi connectivity index (χ4n) is 2.24. The van der Waals surface area contributed by atoms with E-state index in [0.29, 0.717) is 5.88 Å². The maximum absolute atomic E-state index is 11.9. The minimum Gasteiger partial charge on any atom is -0.284 e. The predicted molar refractivity (Wildman–Crippen MR) is 79.1 cm³/mol. The number of nitrogens with zero attached hydrogens (tertiary/aromatic N) is 1. The van der Waals surface area contributed by atoms with Crippen LogP contribution in [-0.2, 0) is 5.88 Å². The number of hydrogen-bond donors (Lipinski definition) is 0. The van der Waals surface area contributed by atoms with Gasteiger partial charge in [0.15, 0.2) is 0 Å². The van der Waals surface area contributed by atoms with Crippen molar-refractivity contribution in [1.29, 1.82) is 0 Å². The Morgan fingerprint density at radius 2 is 1.89 bits per heavy atom. The van der Waals surface area contributed by atoms with Crippen LogP contribution in [0.2, 0.25) is 0 Å². The Balaban J connectivity index is 2.31. The van der Waals surface area contributed by atoms with E-state index >= 15 is 0 Å². The number of halogens is 1. The fourth-order valence-corrected chi connectivity index (χ4v) is 2.40. The van der Waals surface area contributed by atoms with E-state index < -0.39 is 0 Å². The van der Waals surface area contributed by atoms with Crippen LogP contribution < -0.4 is 5.56 Å². The second-order valence-corrected chi connectivity index (χ2v) is 4.64. The van der Waals surface area contributed by atoms with E-state index in [1.807, 2.05) is 36.4 Å². The van der Waals surface area contributed by atoms with E-state index in [-0.39, 0.29) is 5.56 Å². The van der Waals surface area contributed by atoms with Crippen molar-refractivity contribution < 1.29 is 0 Å². The van der Waals surface area contributed by atoms with Gasteiger partial charge >= 0.3 is 0 Å². The second-order valence-electron chi connectivity index (χ2n) is 4.38. The highest BCUT2D eigenvalue weighted by Gasteiger charge is 2.04. The molecule has 1 heterocycles. The van der Waals surface area contributed by atoms with E-state index in [1.165, 1.54) is 0 Å². The van der Waals surface area contributed by atoms with Crippen LogP contribution in [0.1, 0.15) is 5.56 Å². The molecule has 0 aliphatic heterocycles. The molecule has 1 aromatic heterocycles. The molecule has 0 bridgehead atoms. The van der Waals surface area contributed by atoms with Crippen LogP contribution in [0.4, 0.5) is 0 Å². The summed E-state index contributed by atoms with van der Waals surface area (Å²) >= 11 is 5.85. The summed E-state index contributed by atoms with van der Waals surface area (Å²) in [6.07, 6.45) is 1.78. The molecule has 0 saturated carbocycles. The van der Waals surface area contributed by atoms with Crippen molar-refractivity contribution in [2.24, 2.45) is 0 Å². The molecule has 0 N–H and O–H groups in total. The van der Waals surface area contributed by atoms with E-state index in [4.69, 9.17) is 11.6 Å². The lowest BCUT2D eigenvalue weighted by molar-refractivity contribution is 1.00. The summed E-state index contributed by atoms with van der Waals surface area (Å²) in [6, 6.07) is 17.2. The van der Waals surface area contributed by atoms with E-state index in [2.05, 4.69) is 6.07 Å². The number of rotatable bonds is 2. The molecule has 0 unspecified atom stereocenters. The van der Waals surface area contributed by atoms with Crippen LogP contribution in [-0.4, -0.2) is 4.57 Å². The highest BCUT2D eigenvalue weighted by Crippen LogP contribution is 2.23. The van der Waals surface area contributed by atoms with Gasteiger partial charge in [0.25, 0.3) is 5.56 Å². The van der Waals surface area contributed by atoms with Gasteiger partial charge in [-0.15, -0.1) is 11.6 Å². The average molecular weight is 270 g/mol. The molecule has 3 heteroatoms. The zero-order valence-corrected chi connectivity index (χ0v) is 11.0. The van der Waals surface area contributed by atoms with Crippen molar-refractivity contribution in [2.75, 3.05) is 0 Å². The molecule has 2 nitrogen and oxygen atoms in total. The number of alkyl halides is 1. The summed E-state index contributed by atoms with van der Waals surface area (Å²) in [5.41, 5.74) is 1.94. The summed E-state index contributed by atoms with van der Waals surface area (Å²) in [4.78, 5) is 11.9. The van der Waals surface area contributed by atoms with Crippen molar-refractivity contribution in [1.82, 2.24) is 4.57 Å². The monoisotopic (exact) mass is 269 g/mol. The molecular formula is C16H12ClNO. The first kappa shape index (κ1) is 12.0. The molecule has 2 aromatic carbocycles. The third kappa shape index (κ3) is 2.15. The SMILES string of the molecule is O=c1ccccn1-c1cccc2cc(CCl)ccc12. The smallest absolute Gasteiger partial charge is 0.255 e. The van der Waals surface area contributed by atoms with Crippen LogP contribution in [0.3, 0.4) is 0 Å². The summed E-state index contributed by atoms with van der Waals surface area (Å²) < 4.78 is 1.66. The standard InChI is InChI=1S/C16H12ClNO/c17-11-12-7-8-14-13(10-12)4-3-5-15(14)18-9-2-1-6-16(18)19/h1-10H,11H2. The van der Waals surface area contributed by atoms with Crippen LogP contribution in [0.25, 0.3) is 16.5 Å². The van der Waals surface area contributed by atoms with Crippen molar-refractivity contribution in [2.45, 2.75) is 5.88 Å². The molecule has 19 heavy (non-hydrogen) atoms. The van der Waals surface area contributed by atoms with Crippen molar-refractivity contribution in [3.05, 3.63) is 76.7 Å². The Morgan fingerprint density at radius 1 is 1.00 bits per heavy atom. The molecule has 0 aliphatic carbocycles. The number of benzene rings is 2. The minimum absolute atomic E-state index is 0.0311. The zero-order chi connectivity index (χ0) is 13.2. The molecule has 0 spiro atoms. The zero-order valence-electron chi connectivity index (χ0n) is 10.2. The summed E-state index contributed by atoms with van der Waals surface area (Å²) in [5.74, 6) is 0.492. The van der Waals surface area contributed by atoms with Crippen molar-refractivity contribution >= 4 is 22.4 Å². The lowest BCUT2D eigenvalue weighted by Gasteiger charge is -2.09. The normalized spacial score (nSPS) is 10.8. The minimum atomic E-state index is -0.0311. The first-order chi connectivity index (χ1) is 9.29. The van der Waals surface area contributed by atoms with Crippen LogP contribution >= 0.6 is 11.6 Å². The maximum atomic E-state index is 11.9. The highest BCUT2D eigenvalue weighted by atomic mass is 35.5. The number of pyridine rings is 1. The van der Waals surface area contributed by atoms with Gasteiger partial charge in [0.2, 0.25) is 0 Å². The maximum Gasteiger partial charge on any atom is 0.255 e. The topological polar surface area (TPSA) is 22.0 Å². The van der Waals surface area contributed by atoms with Crippen molar-refractivity contribution in [3.63, 3.8) is 0 Å². The Hall–Kier alpha value is -2.06. The van der Waals surface area contributed by atoms with Gasteiger partial charge in [-0.3, -0.25) is 9.36 Å². The van der Waals surface area contributed by atoms with Gasteiger partial charge in [-0.2, -0.15) is 0 Å². The van der Waals surface area contributed by atoms with Gasteiger partial charge in [-0.05, 0) is 29.1 Å². The van der Waals surface area contributed by atoms with Crippen LogP contribution in [0.15, 0.2) is 65.6 Å². The Kier molecular flexibility index (Phi) is 3.10. The molecular weight excluding hydrogens is 258 g/mol. The molecule has 0 atom stereocenters. The Labute approximate surface area is 115 Å². The number of aromatic nitrogens is 1. The Morgan fingerprint density at radius 3 is 2.68 bits per heavy atom. The van der Waals surface area contributed by atoms with E-state index in [9.17, 15) is 4.79 Å². The third-order valence-corrected chi connectivity index (χ3v) is 3.47. The molecule has 0 amide bonds. The molecule has 3 aromatic rings. The van der Waals surface area contributed by atoms with Crippen molar-refractivity contribution in [3.8, 4) is 5.69 Å². The van der Waals surface area contributed by atoms with E-state index in [1.54, 1.807) is 22.9 Å². The second kappa shape index (κ2) is 4.90. The predicted octanol–water partition coefficient (Wildman–Crippen LogP) is 3.73. The van der Waals surface area contributed by atoms with Gasteiger partial charge < -0.3 is 0 Å². The molecule has 0 radical (unpaired) electrons. The quantitative estimate of drug-likeness (QED) is 0.650. The largest absolute Gasteiger partial charge is 0.284 e. The molecule has 0 aliphatic rings. The lowest BCUT2D eigenvalue weighted by Crippen LogP contribution is -2.15. The molecule has 94 valence electrons. The Bertz CT molecular complexity index is 792. The van der Waals surface area contributed by atoms with E-state index in [0.717, 1.165) is 22.0 Å². The molecule has 0 saturated heterocycles. The first-order valence-electron chi connectivity index (χ1n) is 6.05. The number of fused-ring (bicyclic) bond motifs is 1. The van der Waals surface area contributed by atoms with Gasteiger partial charge in [0.05, 0.1) is 5.69 Å².